The third-order valence-electron chi connectivity index (χ3n) is 5.76. The number of likely N-dealkylation sites (tertiary alicyclic amines) is 1. The topological polar surface area (TPSA) is 93.9 Å². The van der Waals surface area contributed by atoms with Crippen LogP contribution in [-0.2, 0) is 16.1 Å². The molecule has 1 N–H and O–H groups in total. The predicted octanol–water partition coefficient (Wildman–Crippen LogP) is 3.80. The standard InChI is InChI=1S/C26H27N3O5/c1-3-34-21-7-4-6-19(16-21)24(30)22-23(18-8-10-20(33-2)11-9-18)29(26(32)25(22)31)14-5-13-28-15-12-27-17-28/h4,6-12,15-17,23,30H,3,5,13-14H2,1-2H3/b24-22+. The largest absolute Gasteiger partial charge is 0.507 e. The molecule has 1 amide bonds. The van der Waals surface area contributed by atoms with Crippen LogP contribution in [0.1, 0.15) is 30.5 Å². The fraction of sp³-hybridized carbons (Fsp3) is 0.269. The van der Waals surface area contributed by atoms with Crippen LogP contribution in [0, 0.1) is 0 Å². The number of aliphatic hydroxyl groups is 1. The molecular weight excluding hydrogens is 434 g/mol. The maximum absolute atomic E-state index is 13.2. The molecule has 4 rings (SSSR count). The summed E-state index contributed by atoms with van der Waals surface area (Å²) in [6, 6.07) is 13.3. The Balaban J connectivity index is 1.73. The van der Waals surface area contributed by atoms with Crippen molar-refractivity contribution in [3.05, 3.63) is 84.0 Å². The molecule has 3 aromatic rings. The van der Waals surface area contributed by atoms with Crippen LogP contribution in [0.4, 0.5) is 0 Å². The molecular formula is C26H27N3O5. The zero-order valence-corrected chi connectivity index (χ0v) is 19.2. The molecule has 1 unspecified atom stereocenters. The van der Waals surface area contributed by atoms with Crippen molar-refractivity contribution in [1.82, 2.24) is 14.5 Å². The second-order valence-electron chi connectivity index (χ2n) is 7.88. The summed E-state index contributed by atoms with van der Waals surface area (Å²) >= 11 is 0. The van der Waals surface area contributed by atoms with E-state index in [1.165, 1.54) is 4.90 Å². The number of methoxy groups -OCH3 is 1. The van der Waals surface area contributed by atoms with E-state index in [1.54, 1.807) is 56.0 Å². The lowest BCUT2D eigenvalue weighted by Gasteiger charge is -2.25. The number of carbonyl (C=O) groups excluding carboxylic acids is 2. The number of benzene rings is 2. The van der Waals surface area contributed by atoms with Gasteiger partial charge in [0.2, 0.25) is 0 Å². The van der Waals surface area contributed by atoms with Crippen molar-refractivity contribution in [3.63, 3.8) is 0 Å². The van der Waals surface area contributed by atoms with E-state index in [1.807, 2.05) is 29.8 Å². The van der Waals surface area contributed by atoms with Crippen molar-refractivity contribution in [2.75, 3.05) is 20.3 Å². The van der Waals surface area contributed by atoms with E-state index in [-0.39, 0.29) is 11.3 Å². The quantitative estimate of drug-likeness (QED) is 0.296. The first-order valence-electron chi connectivity index (χ1n) is 11.1. The van der Waals surface area contributed by atoms with Gasteiger partial charge in [0.15, 0.2) is 0 Å². The van der Waals surface area contributed by atoms with Gasteiger partial charge in [-0.1, -0.05) is 24.3 Å². The Morgan fingerprint density at radius 3 is 2.56 bits per heavy atom. The Kier molecular flexibility index (Phi) is 6.96. The molecule has 8 heteroatoms. The van der Waals surface area contributed by atoms with Crippen LogP contribution in [0.3, 0.4) is 0 Å². The number of amides is 1. The maximum Gasteiger partial charge on any atom is 0.295 e. The number of nitrogens with zero attached hydrogens (tertiary/aromatic N) is 3. The van der Waals surface area contributed by atoms with Crippen molar-refractivity contribution in [2.24, 2.45) is 0 Å². The van der Waals surface area contributed by atoms with E-state index in [0.717, 1.165) is 0 Å². The van der Waals surface area contributed by atoms with E-state index in [2.05, 4.69) is 4.98 Å². The third kappa shape index (κ3) is 4.66. The highest BCUT2D eigenvalue weighted by molar-refractivity contribution is 6.46. The number of ether oxygens (including phenoxy) is 2. The van der Waals surface area contributed by atoms with Crippen LogP contribution >= 0.6 is 0 Å². The minimum Gasteiger partial charge on any atom is -0.507 e. The number of rotatable bonds is 9. The van der Waals surface area contributed by atoms with E-state index in [0.29, 0.717) is 48.7 Å². The number of aromatic nitrogens is 2. The number of aliphatic hydroxyl groups excluding tert-OH is 1. The van der Waals surface area contributed by atoms with Crippen molar-refractivity contribution in [1.29, 1.82) is 0 Å². The number of ketones is 1. The molecule has 1 aliphatic heterocycles. The van der Waals surface area contributed by atoms with Crippen molar-refractivity contribution >= 4 is 17.4 Å². The summed E-state index contributed by atoms with van der Waals surface area (Å²) in [5.74, 6) is -0.332. The normalized spacial score (nSPS) is 17.2. The fourth-order valence-corrected chi connectivity index (χ4v) is 4.14. The summed E-state index contributed by atoms with van der Waals surface area (Å²) in [5.41, 5.74) is 1.19. The third-order valence-corrected chi connectivity index (χ3v) is 5.76. The predicted molar refractivity (Wildman–Crippen MR) is 126 cm³/mol. The first-order valence-corrected chi connectivity index (χ1v) is 11.1. The van der Waals surface area contributed by atoms with E-state index < -0.39 is 17.7 Å². The first kappa shape index (κ1) is 23.1. The molecule has 0 radical (unpaired) electrons. The zero-order chi connectivity index (χ0) is 24.1. The first-order chi connectivity index (χ1) is 16.5. The second-order valence-corrected chi connectivity index (χ2v) is 7.88. The van der Waals surface area contributed by atoms with Crippen molar-refractivity contribution in [2.45, 2.75) is 25.9 Å². The SMILES string of the molecule is CCOc1cccc(/C(O)=C2\C(=O)C(=O)N(CCCn3ccnc3)C2c2ccc(OC)cc2)c1. The van der Waals surface area contributed by atoms with Gasteiger partial charge in [0, 0.05) is 31.0 Å². The van der Waals surface area contributed by atoms with Gasteiger partial charge >= 0.3 is 0 Å². The van der Waals surface area contributed by atoms with Gasteiger partial charge in [0.25, 0.3) is 11.7 Å². The molecule has 1 aromatic heterocycles. The smallest absolute Gasteiger partial charge is 0.295 e. The Morgan fingerprint density at radius 1 is 1.09 bits per heavy atom. The minimum atomic E-state index is -0.718. The molecule has 0 saturated carbocycles. The van der Waals surface area contributed by atoms with Gasteiger partial charge in [-0.15, -0.1) is 0 Å². The molecule has 2 aromatic carbocycles. The van der Waals surface area contributed by atoms with Gasteiger partial charge in [-0.25, -0.2) is 4.98 Å². The van der Waals surface area contributed by atoms with Crippen LogP contribution in [0.5, 0.6) is 11.5 Å². The Bertz CT molecular complexity index is 1190. The molecule has 8 nitrogen and oxygen atoms in total. The van der Waals surface area contributed by atoms with Gasteiger partial charge in [0.1, 0.15) is 17.3 Å². The monoisotopic (exact) mass is 461 g/mol. The van der Waals surface area contributed by atoms with Crippen molar-refractivity contribution in [3.8, 4) is 11.5 Å². The molecule has 0 bridgehead atoms. The van der Waals surface area contributed by atoms with Crippen LogP contribution in [0.25, 0.3) is 5.76 Å². The maximum atomic E-state index is 13.2. The van der Waals surface area contributed by atoms with Gasteiger partial charge < -0.3 is 24.0 Å². The van der Waals surface area contributed by atoms with Crippen LogP contribution in [0.15, 0.2) is 72.8 Å². The van der Waals surface area contributed by atoms with Crippen LogP contribution < -0.4 is 9.47 Å². The van der Waals surface area contributed by atoms with Gasteiger partial charge in [0.05, 0.1) is 31.7 Å². The zero-order valence-electron chi connectivity index (χ0n) is 19.2. The molecule has 2 heterocycles. The van der Waals surface area contributed by atoms with E-state index in [4.69, 9.17) is 9.47 Å². The lowest BCUT2D eigenvalue weighted by Crippen LogP contribution is -2.31. The average molecular weight is 462 g/mol. The number of Topliss-reactive ketones (excluding diaryl/α,β-unsaturated/α-hetero) is 1. The highest BCUT2D eigenvalue weighted by Gasteiger charge is 2.45. The summed E-state index contributed by atoms with van der Waals surface area (Å²) < 4.78 is 12.7. The summed E-state index contributed by atoms with van der Waals surface area (Å²) in [7, 11) is 1.57. The number of carbonyl (C=O) groups is 2. The molecule has 1 saturated heterocycles. The summed E-state index contributed by atoms with van der Waals surface area (Å²) in [6.07, 6.45) is 5.87. The Hall–Kier alpha value is -4.07. The van der Waals surface area contributed by atoms with Crippen molar-refractivity contribution < 1.29 is 24.2 Å². The van der Waals surface area contributed by atoms with Gasteiger partial charge in [-0.3, -0.25) is 9.59 Å². The van der Waals surface area contributed by atoms with E-state index >= 15 is 0 Å². The molecule has 1 atom stereocenters. The minimum absolute atomic E-state index is 0.0615. The van der Waals surface area contributed by atoms with Crippen LogP contribution in [-0.4, -0.2) is 51.5 Å². The number of hydrogen-bond donors (Lipinski definition) is 1. The molecule has 0 spiro atoms. The van der Waals surface area contributed by atoms with Gasteiger partial charge in [-0.05, 0) is 43.2 Å². The molecule has 1 aliphatic rings. The number of imidazole rings is 1. The summed E-state index contributed by atoms with van der Waals surface area (Å²) in [5, 5.41) is 11.2. The summed E-state index contributed by atoms with van der Waals surface area (Å²) in [6.45, 7) is 3.33. The highest BCUT2D eigenvalue weighted by Crippen LogP contribution is 2.40. The lowest BCUT2D eigenvalue weighted by molar-refractivity contribution is -0.139. The fourth-order valence-electron chi connectivity index (χ4n) is 4.14. The molecule has 1 fully saturated rings. The molecule has 34 heavy (non-hydrogen) atoms. The Labute approximate surface area is 198 Å². The number of hydrogen-bond acceptors (Lipinski definition) is 6. The Morgan fingerprint density at radius 2 is 1.88 bits per heavy atom. The number of aryl methyl sites for hydroxylation is 1. The van der Waals surface area contributed by atoms with Crippen LogP contribution in [0.2, 0.25) is 0 Å². The lowest BCUT2D eigenvalue weighted by atomic mass is 9.95. The second kappa shape index (κ2) is 10.2. The molecule has 176 valence electrons. The molecule has 0 aliphatic carbocycles. The summed E-state index contributed by atoms with van der Waals surface area (Å²) in [4.78, 5) is 31.8. The average Bonchev–Trinajstić information content (AvgIpc) is 3.46. The van der Waals surface area contributed by atoms with E-state index in [9.17, 15) is 14.7 Å². The highest BCUT2D eigenvalue weighted by atomic mass is 16.5. The van der Waals surface area contributed by atoms with Gasteiger partial charge in [-0.2, -0.15) is 0 Å².